The molecule has 0 unspecified atom stereocenters. The van der Waals surface area contributed by atoms with Gasteiger partial charge in [-0.2, -0.15) is 10.1 Å². The maximum absolute atomic E-state index is 13.1. The lowest BCUT2D eigenvalue weighted by Crippen LogP contribution is -2.25. The first-order chi connectivity index (χ1) is 14.0. The Hall–Kier alpha value is -3.92. The van der Waals surface area contributed by atoms with Crippen molar-refractivity contribution in [2.45, 2.75) is 0 Å². The number of para-hydroxylation sites is 1. The predicted octanol–water partition coefficient (Wildman–Crippen LogP) is 4.62. The van der Waals surface area contributed by atoms with Gasteiger partial charge in [-0.25, -0.2) is 9.37 Å². The first kappa shape index (κ1) is 18.4. The number of fused-ring (bicyclic) bond motifs is 1. The molecule has 0 saturated carbocycles. The summed E-state index contributed by atoms with van der Waals surface area (Å²) in [6.45, 7) is 0. The third kappa shape index (κ3) is 3.87. The number of halogens is 1. The van der Waals surface area contributed by atoms with Crippen LogP contribution >= 0.6 is 11.3 Å². The van der Waals surface area contributed by atoms with E-state index in [0.717, 1.165) is 15.8 Å². The number of anilines is 1. The highest BCUT2D eigenvalue weighted by atomic mass is 32.1. The molecule has 1 amide bonds. The Balaban J connectivity index is 1.73. The van der Waals surface area contributed by atoms with E-state index in [1.807, 2.05) is 18.2 Å². The number of carbonyl (C=O) groups excluding carboxylic acids is 1. The van der Waals surface area contributed by atoms with Crippen LogP contribution in [-0.2, 0) is 0 Å². The van der Waals surface area contributed by atoms with Crippen molar-refractivity contribution in [1.82, 2.24) is 4.98 Å². The average Bonchev–Trinajstić information content (AvgIpc) is 3.36. The second-order valence-corrected chi connectivity index (χ2v) is 6.78. The molecule has 0 aliphatic rings. The van der Waals surface area contributed by atoms with E-state index in [0.29, 0.717) is 11.1 Å². The summed E-state index contributed by atoms with van der Waals surface area (Å²) >= 11 is 1.22. The van der Waals surface area contributed by atoms with Gasteiger partial charge in [0, 0.05) is 0 Å². The number of rotatable bonds is 5. The lowest BCUT2D eigenvalue weighted by molar-refractivity contribution is -0.402. The summed E-state index contributed by atoms with van der Waals surface area (Å²) in [5.41, 5.74) is 1.23. The average molecular weight is 410 g/mol. The number of furan rings is 1. The lowest BCUT2D eigenvalue weighted by atomic mass is 10.2. The van der Waals surface area contributed by atoms with Crippen LogP contribution < -0.4 is 5.01 Å². The molecule has 0 atom stereocenters. The van der Waals surface area contributed by atoms with E-state index in [2.05, 4.69) is 10.1 Å². The molecule has 0 aliphatic heterocycles. The number of amides is 1. The molecule has 10 heteroatoms. The highest BCUT2D eigenvalue weighted by Crippen LogP contribution is 2.30. The summed E-state index contributed by atoms with van der Waals surface area (Å²) in [4.78, 5) is 27.5. The van der Waals surface area contributed by atoms with Crippen molar-refractivity contribution in [2.75, 3.05) is 5.01 Å². The summed E-state index contributed by atoms with van der Waals surface area (Å²) in [7, 11) is 0. The third-order valence-corrected chi connectivity index (χ3v) is 4.84. The van der Waals surface area contributed by atoms with E-state index < -0.39 is 22.5 Å². The second-order valence-electron chi connectivity index (χ2n) is 5.77. The van der Waals surface area contributed by atoms with Crippen LogP contribution in [-0.4, -0.2) is 22.0 Å². The van der Waals surface area contributed by atoms with Gasteiger partial charge in [0.05, 0.1) is 22.5 Å². The van der Waals surface area contributed by atoms with E-state index in [-0.39, 0.29) is 10.9 Å². The van der Waals surface area contributed by atoms with E-state index in [9.17, 15) is 19.3 Å². The van der Waals surface area contributed by atoms with Crippen molar-refractivity contribution in [3.63, 3.8) is 0 Å². The maximum atomic E-state index is 13.1. The largest absolute Gasteiger partial charge is 0.433 e. The smallest absolute Gasteiger partial charge is 0.395 e. The van der Waals surface area contributed by atoms with Crippen LogP contribution in [0.5, 0.6) is 0 Å². The van der Waals surface area contributed by atoms with Gasteiger partial charge in [0.25, 0.3) is 0 Å². The zero-order chi connectivity index (χ0) is 20.4. The standard InChI is InChI=1S/C19H11FN4O4S/c20-13-7-5-12(6-8-13)11-21-23(18(25)15-9-10-17(28-15)24(26)27)19-22-14-3-1-2-4-16(14)29-19/h1-11H/b21-11-. The molecule has 0 fully saturated rings. The number of hydrogen-bond donors (Lipinski definition) is 0. The summed E-state index contributed by atoms with van der Waals surface area (Å²) in [6.07, 6.45) is 1.36. The van der Waals surface area contributed by atoms with E-state index in [1.54, 1.807) is 6.07 Å². The monoisotopic (exact) mass is 410 g/mol. The quantitative estimate of drug-likeness (QED) is 0.271. The molecule has 0 saturated heterocycles. The molecule has 8 nitrogen and oxygen atoms in total. The van der Waals surface area contributed by atoms with Gasteiger partial charge >= 0.3 is 11.8 Å². The number of thiazole rings is 1. The first-order valence-corrected chi connectivity index (χ1v) is 9.07. The fourth-order valence-electron chi connectivity index (χ4n) is 2.46. The summed E-state index contributed by atoms with van der Waals surface area (Å²) in [5, 5.41) is 16.3. The van der Waals surface area contributed by atoms with Crippen LogP contribution in [0.3, 0.4) is 0 Å². The van der Waals surface area contributed by atoms with Crippen LogP contribution in [0.4, 0.5) is 15.4 Å². The molecule has 0 N–H and O–H groups in total. The highest BCUT2D eigenvalue weighted by molar-refractivity contribution is 7.22. The molecule has 144 valence electrons. The van der Waals surface area contributed by atoms with Gasteiger partial charge < -0.3 is 4.42 Å². The molecule has 4 aromatic rings. The number of hydrogen-bond acceptors (Lipinski definition) is 7. The van der Waals surface area contributed by atoms with Crippen LogP contribution in [0.2, 0.25) is 0 Å². The third-order valence-electron chi connectivity index (χ3n) is 3.83. The van der Waals surface area contributed by atoms with Gasteiger partial charge in [-0.15, -0.1) is 0 Å². The molecule has 2 heterocycles. The lowest BCUT2D eigenvalue weighted by Gasteiger charge is -2.11. The molecule has 4 rings (SSSR count). The Morgan fingerprint density at radius 2 is 1.93 bits per heavy atom. The van der Waals surface area contributed by atoms with E-state index in [4.69, 9.17) is 4.42 Å². The minimum atomic E-state index is -0.736. The first-order valence-electron chi connectivity index (χ1n) is 8.25. The fraction of sp³-hybridized carbons (Fsp3) is 0. The summed E-state index contributed by atoms with van der Waals surface area (Å²) in [5.74, 6) is -1.94. The molecule has 0 radical (unpaired) electrons. The van der Waals surface area contributed by atoms with Gasteiger partial charge in [-0.05, 0) is 35.9 Å². The zero-order valence-corrected chi connectivity index (χ0v) is 15.4. The maximum Gasteiger partial charge on any atom is 0.433 e. The SMILES string of the molecule is O=C(c1ccc([N+](=O)[O-])o1)N(/N=C\c1ccc(F)cc1)c1nc2ccccc2s1. The number of hydrazone groups is 1. The number of nitrogens with zero attached hydrogens (tertiary/aromatic N) is 4. The Bertz CT molecular complexity index is 1200. The van der Waals surface area contributed by atoms with Crippen molar-refractivity contribution >= 4 is 44.7 Å². The molecule has 0 aliphatic carbocycles. The van der Waals surface area contributed by atoms with Crippen molar-refractivity contribution < 1.29 is 18.5 Å². The fourth-order valence-corrected chi connectivity index (χ4v) is 3.38. The Kier molecular flexibility index (Phi) is 4.83. The molecule has 0 spiro atoms. The Morgan fingerprint density at radius 3 is 2.62 bits per heavy atom. The molecule has 29 heavy (non-hydrogen) atoms. The molecule has 2 aromatic carbocycles. The molecular formula is C19H11FN4O4S. The minimum absolute atomic E-state index is 0.257. The van der Waals surface area contributed by atoms with Gasteiger partial charge in [-0.1, -0.05) is 35.6 Å². The minimum Gasteiger partial charge on any atom is -0.395 e. The molecule has 2 aromatic heterocycles. The second kappa shape index (κ2) is 7.60. The van der Waals surface area contributed by atoms with Crippen LogP contribution in [0.15, 0.2) is 70.2 Å². The van der Waals surface area contributed by atoms with Crippen molar-refractivity contribution in [3.05, 3.63) is 87.9 Å². The van der Waals surface area contributed by atoms with Gasteiger partial charge in [0.15, 0.2) is 0 Å². The number of nitro groups is 1. The predicted molar refractivity (Wildman–Crippen MR) is 106 cm³/mol. The van der Waals surface area contributed by atoms with Crippen LogP contribution in [0.1, 0.15) is 16.1 Å². The topological polar surface area (TPSA) is 102 Å². The summed E-state index contributed by atoms with van der Waals surface area (Å²) in [6, 6.07) is 15.1. The van der Waals surface area contributed by atoms with Crippen LogP contribution in [0.25, 0.3) is 10.2 Å². The van der Waals surface area contributed by atoms with Crippen molar-refractivity contribution in [3.8, 4) is 0 Å². The number of carbonyl (C=O) groups is 1. The van der Waals surface area contributed by atoms with E-state index in [1.165, 1.54) is 47.9 Å². The number of benzene rings is 2. The molecular weight excluding hydrogens is 399 g/mol. The van der Waals surface area contributed by atoms with Gasteiger partial charge in [-0.3, -0.25) is 14.9 Å². The van der Waals surface area contributed by atoms with Crippen molar-refractivity contribution in [2.24, 2.45) is 5.10 Å². The van der Waals surface area contributed by atoms with Gasteiger partial charge in [0.1, 0.15) is 10.7 Å². The van der Waals surface area contributed by atoms with E-state index >= 15 is 0 Å². The molecule has 0 bridgehead atoms. The zero-order valence-electron chi connectivity index (χ0n) is 14.6. The van der Waals surface area contributed by atoms with Crippen molar-refractivity contribution in [1.29, 1.82) is 0 Å². The number of aromatic nitrogens is 1. The summed E-state index contributed by atoms with van der Waals surface area (Å²) < 4.78 is 19.0. The van der Waals surface area contributed by atoms with Gasteiger partial charge in [0.2, 0.25) is 10.9 Å². The Morgan fingerprint density at radius 1 is 1.17 bits per heavy atom. The van der Waals surface area contributed by atoms with Crippen LogP contribution in [0, 0.1) is 15.9 Å². The Labute approximate surface area is 166 Å². The highest BCUT2D eigenvalue weighted by Gasteiger charge is 2.26. The normalized spacial score (nSPS) is 11.2.